The van der Waals surface area contributed by atoms with E-state index in [4.69, 9.17) is 4.74 Å². The Morgan fingerprint density at radius 1 is 1.04 bits per heavy atom. The van der Waals surface area contributed by atoms with Crippen LogP contribution in [0.3, 0.4) is 0 Å². The van der Waals surface area contributed by atoms with Gasteiger partial charge in [-0.05, 0) is 42.3 Å². The smallest absolute Gasteiger partial charge is 0.237 e. The van der Waals surface area contributed by atoms with Gasteiger partial charge in [-0.2, -0.15) is 0 Å². The fourth-order valence-electron chi connectivity index (χ4n) is 2.79. The Morgan fingerprint density at radius 3 is 2.62 bits per heavy atom. The minimum Gasteiger partial charge on any atom is -0.492 e. The number of thioether (sulfide) groups is 1. The Hall–Kier alpha value is -2.46. The number of carbonyl (C=O) groups is 1. The summed E-state index contributed by atoms with van der Waals surface area (Å²) in [6, 6.07) is 22.2. The molecule has 3 aromatic rings. The molecule has 0 aliphatic rings. The van der Waals surface area contributed by atoms with E-state index >= 15 is 0 Å². The van der Waals surface area contributed by atoms with Crippen molar-refractivity contribution in [2.45, 2.75) is 24.9 Å². The number of hydrogen-bond acceptors (Lipinski definition) is 3. The van der Waals surface area contributed by atoms with Crippen LogP contribution in [0.1, 0.15) is 19.4 Å². The Balaban J connectivity index is 1.64. The van der Waals surface area contributed by atoms with Crippen LogP contribution in [0, 0.1) is 0 Å². The van der Waals surface area contributed by atoms with Crippen molar-refractivity contribution in [3.05, 3.63) is 72.3 Å². The second-order valence-corrected chi connectivity index (χ2v) is 7.34. The van der Waals surface area contributed by atoms with Gasteiger partial charge in [0.05, 0.1) is 17.5 Å². The summed E-state index contributed by atoms with van der Waals surface area (Å²) in [6.45, 7) is 4.44. The monoisotopic (exact) mass is 365 g/mol. The number of fused-ring (bicyclic) bond motifs is 1. The number of para-hydroxylation sites is 2. The molecule has 0 bridgehead atoms. The van der Waals surface area contributed by atoms with Crippen LogP contribution in [-0.2, 0) is 10.5 Å². The molecular weight excluding hydrogens is 342 g/mol. The third kappa shape index (κ3) is 4.38. The first-order valence-corrected chi connectivity index (χ1v) is 9.85. The first kappa shape index (κ1) is 18.3. The fourth-order valence-corrected chi connectivity index (χ4v) is 3.69. The zero-order valence-corrected chi connectivity index (χ0v) is 15.9. The van der Waals surface area contributed by atoms with E-state index in [0.717, 1.165) is 11.4 Å². The molecule has 1 unspecified atom stereocenters. The van der Waals surface area contributed by atoms with E-state index < -0.39 is 0 Å². The molecule has 4 heteroatoms. The molecule has 26 heavy (non-hydrogen) atoms. The summed E-state index contributed by atoms with van der Waals surface area (Å²) in [7, 11) is 0. The van der Waals surface area contributed by atoms with Crippen LogP contribution in [0.15, 0.2) is 66.7 Å². The summed E-state index contributed by atoms with van der Waals surface area (Å²) in [4.78, 5) is 12.6. The lowest BCUT2D eigenvalue weighted by atomic mass is 10.1. The zero-order chi connectivity index (χ0) is 18.4. The lowest BCUT2D eigenvalue weighted by Gasteiger charge is -2.15. The number of rotatable bonds is 7. The van der Waals surface area contributed by atoms with Gasteiger partial charge in [0.15, 0.2) is 0 Å². The van der Waals surface area contributed by atoms with Gasteiger partial charge in [-0.1, -0.05) is 54.6 Å². The van der Waals surface area contributed by atoms with E-state index in [9.17, 15) is 4.79 Å². The number of hydrogen-bond donors (Lipinski definition) is 1. The van der Waals surface area contributed by atoms with Crippen molar-refractivity contribution in [1.82, 2.24) is 0 Å². The maximum atomic E-state index is 12.6. The average molecular weight is 365 g/mol. The number of nitrogens with one attached hydrogen (secondary N) is 1. The lowest BCUT2D eigenvalue weighted by Crippen LogP contribution is -2.23. The molecule has 0 heterocycles. The van der Waals surface area contributed by atoms with Crippen LogP contribution >= 0.6 is 11.8 Å². The first-order valence-electron chi connectivity index (χ1n) is 8.80. The molecule has 0 aliphatic heterocycles. The van der Waals surface area contributed by atoms with Crippen molar-refractivity contribution in [2.24, 2.45) is 0 Å². The van der Waals surface area contributed by atoms with Crippen LogP contribution in [-0.4, -0.2) is 17.8 Å². The molecule has 1 amide bonds. The molecule has 0 saturated carbocycles. The van der Waals surface area contributed by atoms with Gasteiger partial charge in [0.2, 0.25) is 5.91 Å². The van der Waals surface area contributed by atoms with Crippen molar-refractivity contribution in [3.63, 3.8) is 0 Å². The van der Waals surface area contributed by atoms with E-state index in [1.165, 1.54) is 16.3 Å². The van der Waals surface area contributed by atoms with Crippen LogP contribution in [0.2, 0.25) is 0 Å². The van der Waals surface area contributed by atoms with Crippen molar-refractivity contribution >= 4 is 34.1 Å². The Labute approximate surface area is 158 Å². The Morgan fingerprint density at radius 2 is 1.77 bits per heavy atom. The SMILES string of the molecule is CCOc1ccccc1NC(=O)C(C)SCc1cccc2ccccc12. The topological polar surface area (TPSA) is 38.3 Å². The number of amides is 1. The standard InChI is InChI=1S/C22H23NO2S/c1-3-25-21-14-7-6-13-20(21)23-22(24)16(2)26-15-18-11-8-10-17-9-4-5-12-19(17)18/h4-14,16H,3,15H2,1-2H3,(H,23,24). The van der Waals surface area contributed by atoms with Gasteiger partial charge in [0, 0.05) is 5.75 Å². The van der Waals surface area contributed by atoms with E-state index in [1.54, 1.807) is 11.8 Å². The van der Waals surface area contributed by atoms with E-state index in [1.807, 2.05) is 44.2 Å². The summed E-state index contributed by atoms with van der Waals surface area (Å²) in [5, 5.41) is 5.30. The molecule has 1 N–H and O–H groups in total. The maximum Gasteiger partial charge on any atom is 0.237 e. The quantitative estimate of drug-likeness (QED) is 0.601. The zero-order valence-electron chi connectivity index (χ0n) is 15.1. The van der Waals surface area contributed by atoms with Gasteiger partial charge in [-0.15, -0.1) is 11.8 Å². The summed E-state index contributed by atoms with van der Waals surface area (Å²) in [6.07, 6.45) is 0. The van der Waals surface area contributed by atoms with Crippen LogP contribution in [0.25, 0.3) is 10.8 Å². The number of benzene rings is 3. The average Bonchev–Trinajstić information content (AvgIpc) is 2.67. The molecule has 0 aliphatic carbocycles. The highest BCUT2D eigenvalue weighted by atomic mass is 32.2. The van der Waals surface area contributed by atoms with Gasteiger partial charge < -0.3 is 10.1 Å². The summed E-state index contributed by atoms with van der Waals surface area (Å²) in [5.41, 5.74) is 1.97. The third-order valence-electron chi connectivity index (χ3n) is 4.18. The molecule has 1 atom stereocenters. The third-order valence-corrected chi connectivity index (χ3v) is 5.37. The van der Waals surface area contributed by atoms with E-state index in [2.05, 4.69) is 41.7 Å². The molecule has 3 rings (SSSR count). The predicted octanol–water partition coefficient (Wildman–Crippen LogP) is 5.50. The predicted molar refractivity (Wildman–Crippen MR) is 111 cm³/mol. The normalized spacial score (nSPS) is 11.9. The molecule has 0 aromatic heterocycles. The minimum absolute atomic E-state index is 0.0117. The molecular formula is C22H23NO2S. The largest absolute Gasteiger partial charge is 0.492 e. The van der Waals surface area contributed by atoms with Crippen LogP contribution < -0.4 is 10.1 Å². The number of carbonyl (C=O) groups excluding carboxylic acids is 1. The second kappa shape index (κ2) is 8.77. The number of ether oxygens (including phenoxy) is 1. The highest BCUT2D eigenvalue weighted by Gasteiger charge is 2.16. The van der Waals surface area contributed by atoms with E-state index in [0.29, 0.717) is 12.4 Å². The minimum atomic E-state index is -0.163. The fraction of sp³-hybridized carbons (Fsp3) is 0.227. The molecule has 3 aromatic carbocycles. The summed E-state index contributed by atoms with van der Waals surface area (Å²) < 4.78 is 5.57. The Kier molecular flexibility index (Phi) is 6.18. The highest BCUT2D eigenvalue weighted by molar-refractivity contribution is 7.99. The molecule has 0 fully saturated rings. The number of anilines is 1. The van der Waals surface area contributed by atoms with E-state index in [-0.39, 0.29) is 11.2 Å². The van der Waals surface area contributed by atoms with Crippen molar-refractivity contribution in [2.75, 3.05) is 11.9 Å². The van der Waals surface area contributed by atoms with Crippen molar-refractivity contribution < 1.29 is 9.53 Å². The van der Waals surface area contributed by atoms with Gasteiger partial charge in [0.1, 0.15) is 5.75 Å². The molecule has 0 spiro atoms. The van der Waals surface area contributed by atoms with Gasteiger partial charge >= 0.3 is 0 Å². The molecule has 0 saturated heterocycles. The lowest BCUT2D eigenvalue weighted by molar-refractivity contribution is -0.115. The van der Waals surface area contributed by atoms with Crippen molar-refractivity contribution in [3.8, 4) is 5.75 Å². The van der Waals surface area contributed by atoms with Gasteiger partial charge in [-0.25, -0.2) is 0 Å². The molecule has 134 valence electrons. The Bertz CT molecular complexity index is 889. The molecule has 3 nitrogen and oxygen atoms in total. The maximum absolute atomic E-state index is 12.6. The van der Waals surface area contributed by atoms with Crippen LogP contribution in [0.4, 0.5) is 5.69 Å². The van der Waals surface area contributed by atoms with Gasteiger partial charge in [-0.3, -0.25) is 4.79 Å². The van der Waals surface area contributed by atoms with Crippen molar-refractivity contribution in [1.29, 1.82) is 0 Å². The first-order chi connectivity index (χ1) is 12.7. The van der Waals surface area contributed by atoms with Crippen LogP contribution in [0.5, 0.6) is 5.75 Å². The summed E-state index contributed by atoms with van der Waals surface area (Å²) >= 11 is 1.64. The van der Waals surface area contributed by atoms with Gasteiger partial charge in [0.25, 0.3) is 0 Å². The highest BCUT2D eigenvalue weighted by Crippen LogP contribution is 2.27. The second-order valence-electron chi connectivity index (χ2n) is 6.01. The molecule has 0 radical (unpaired) electrons. The summed E-state index contributed by atoms with van der Waals surface area (Å²) in [5.74, 6) is 1.49.